The fourth-order valence-electron chi connectivity index (χ4n) is 5.56. The maximum Gasteiger partial charge on any atom is 0.0378 e. The monoisotopic (exact) mass is 337 g/mol. The molecule has 0 aromatic heterocycles. The smallest absolute Gasteiger partial charge is 0.0378 e. The third-order valence-corrected chi connectivity index (χ3v) is 6.69. The molecule has 0 spiro atoms. The summed E-state index contributed by atoms with van der Waals surface area (Å²) in [7, 11) is 0. The van der Waals surface area contributed by atoms with Crippen LogP contribution in [0.3, 0.4) is 0 Å². The highest BCUT2D eigenvalue weighted by Crippen LogP contribution is 2.56. The summed E-state index contributed by atoms with van der Waals surface area (Å²) in [5.74, 6) is 1.57. The fourth-order valence-corrected chi connectivity index (χ4v) is 5.56. The highest BCUT2D eigenvalue weighted by atomic mass is 15.0. The van der Waals surface area contributed by atoms with Crippen molar-refractivity contribution in [3.8, 4) is 0 Å². The molecule has 3 atom stereocenters. The van der Waals surface area contributed by atoms with E-state index < -0.39 is 0 Å². The van der Waals surface area contributed by atoms with Gasteiger partial charge in [-0.1, -0.05) is 61.6 Å². The van der Waals surface area contributed by atoms with Gasteiger partial charge in [-0.25, -0.2) is 0 Å². The summed E-state index contributed by atoms with van der Waals surface area (Å²) in [4.78, 5) is 0. The van der Waals surface area contributed by atoms with Crippen LogP contribution in [0.5, 0.6) is 0 Å². The van der Waals surface area contributed by atoms with Gasteiger partial charge in [0.15, 0.2) is 0 Å². The van der Waals surface area contributed by atoms with Crippen LogP contribution in [0, 0.1) is 11.8 Å². The molecule has 0 fully saturated rings. The minimum absolute atomic E-state index is 0.468. The van der Waals surface area contributed by atoms with Gasteiger partial charge in [-0.2, -0.15) is 0 Å². The van der Waals surface area contributed by atoms with Crippen molar-refractivity contribution in [1.29, 1.82) is 0 Å². The number of fused-ring (bicyclic) bond motifs is 7. The van der Waals surface area contributed by atoms with Crippen molar-refractivity contribution in [2.24, 2.45) is 11.8 Å². The van der Waals surface area contributed by atoms with Crippen molar-refractivity contribution in [3.05, 3.63) is 99.5 Å². The molecule has 0 saturated heterocycles. The van der Waals surface area contributed by atoms with Gasteiger partial charge < -0.3 is 5.32 Å². The largest absolute Gasteiger partial charge is 0.358 e. The van der Waals surface area contributed by atoms with Crippen LogP contribution in [0.15, 0.2) is 88.3 Å². The number of nitrogens with one attached hydrogen (secondary N) is 1. The van der Waals surface area contributed by atoms with Gasteiger partial charge in [0.25, 0.3) is 0 Å². The molecule has 1 aromatic carbocycles. The van der Waals surface area contributed by atoms with Crippen LogP contribution >= 0.6 is 0 Å². The van der Waals surface area contributed by atoms with Crippen molar-refractivity contribution < 1.29 is 0 Å². The van der Waals surface area contributed by atoms with Crippen molar-refractivity contribution in [2.45, 2.75) is 32.1 Å². The molecular weight excluding hydrogens is 314 g/mol. The molecule has 1 nitrogen and oxygen atoms in total. The van der Waals surface area contributed by atoms with Crippen molar-refractivity contribution >= 4 is 6.08 Å². The summed E-state index contributed by atoms with van der Waals surface area (Å²) in [5, 5.41) is 3.84. The maximum absolute atomic E-state index is 3.84. The number of rotatable bonds is 0. The van der Waals surface area contributed by atoms with E-state index >= 15 is 0 Å². The van der Waals surface area contributed by atoms with E-state index in [9.17, 15) is 0 Å². The highest BCUT2D eigenvalue weighted by Gasteiger charge is 2.44. The first-order chi connectivity index (χ1) is 12.8. The molecule has 128 valence electrons. The zero-order chi connectivity index (χ0) is 17.3. The molecule has 6 rings (SSSR count). The Morgan fingerprint density at radius 1 is 1.00 bits per heavy atom. The van der Waals surface area contributed by atoms with Gasteiger partial charge in [-0.15, -0.1) is 0 Å². The summed E-state index contributed by atoms with van der Waals surface area (Å²) in [5.41, 5.74) is 11.9. The third kappa shape index (κ3) is 1.86. The van der Waals surface area contributed by atoms with Crippen LogP contribution in [-0.2, 0) is 0 Å². The van der Waals surface area contributed by atoms with Crippen LogP contribution < -0.4 is 5.32 Å². The molecule has 0 radical (unpaired) electrons. The molecular formula is C25H23N. The second-order valence-corrected chi connectivity index (χ2v) is 8.22. The molecule has 26 heavy (non-hydrogen) atoms. The summed E-state index contributed by atoms with van der Waals surface area (Å²) in [6, 6.07) is 9.00. The van der Waals surface area contributed by atoms with Gasteiger partial charge in [0.1, 0.15) is 0 Å². The molecule has 1 aromatic rings. The Bertz CT molecular complexity index is 1010. The zero-order valence-electron chi connectivity index (χ0n) is 15.1. The Balaban J connectivity index is 1.64. The van der Waals surface area contributed by atoms with Crippen LogP contribution in [0.2, 0.25) is 0 Å². The SMILES string of the molecule is CC1C=CC2=C3NC4=C(CCC=C4)C3C3C(=C2C1)C=Cc1ccccc13. The lowest BCUT2D eigenvalue weighted by Gasteiger charge is -2.40. The molecule has 0 saturated carbocycles. The molecule has 0 bridgehead atoms. The normalized spacial score (nSPS) is 30.6. The van der Waals surface area contributed by atoms with E-state index in [1.165, 1.54) is 40.9 Å². The van der Waals surface area contributed by atoms with E-state index in [2.05, 4.69) is 73.0 Å². The van der Waals surface area contributed by atoms with Crippen molar-refractivity contribution in [1.82, 2.24) is 5.32 Å². The third-order valence-electron chi connectivity index (χ3n) is 6.69. The minimum atomic E-state index is 0.468. The fraction of sp³-hybridized carbons (Fsp3) is 0.280. The minimum Gasteiger partial charge on any atom is -0.358 e. The highest BCUT2D eigenvalue weighted by molar-refractivity contribution is 5.72. The van der Waals surface area contributed by atoms with Gasteiger partial charge in [0, 0.05) is 23.2 Å². The van der Waals surface area contributed by atoms with Gasteiger partial charge in [-0.3, -0.25) is 0 Å². The molecule has 1 aliphatic heterocycles. The van der Waals surface area contributed by atoms with Gasteiger partial charge in [0.2, 0.25) is 0 Å². The molecule has 5 aliphatic rings. The van der Waals surface area contributed by atoms with Crippen LogP contribution in [0.4, 0.5) is 0 Å². The Labute approximate surface area is 155 Å². The number of benzene rings is 1. The average molecular weight is 337 g/mol. The lowest BCUT2D eigenvalue weighted by Crippen LogP contribution is -2.29. The lowest BCUT2D eigenvalue weighted by atomic mass is 9.64. The summed E-state index contributed by atoms with van der Waals surface area (Å²) >= 11 is 0. The number of hydrogen-bond acceptors (Lipinski definition) is 1. The van der Waals surface area contributed by atoms with Crippen LogP contribution in [0.1, 0.15) is 43.2 Å². The Kier molecular flexibility index (Phi) is 2.94. The van der Waals surface area contributed by atoms with Crippen molar-refractivity contribution in [2.75, 3.05) is 0 Å². The Morgan fingerprint density at radius 2 is 1.92 bits per heavy atom. The molecule has 3 unspecified atom stereocenters. The first kappa shape index (κ1) is 14.6. The first-order valence-corrected chi connectivity index (χ1v) is 9.90. The molecule has 4 aliphatic carbocycles. The topological polar surface area (TPSA) is 12.0 Å². The van der Waals surface area contributed by atoms with E-state index in [-0.39, 0.29) is 0 Å². The Morgan fingerprint density at radius 3 is 2.88 bits per heavy atom. The predicted octanol–water partition coefficient (Wildman–Crippen LogP) is 5.78. The summed E-state index contributed by atoms with van der Waals surface area (Å²) in [6.45, 7) is 2.33. The summed E-state index contributed by atoms with van der Waals surface area (Å²) in [6.07, 6.45) is 17.7. The standard InChI is InChI=1S/C25H23N/c1-15-10-12-19-21(14-15)18-13-11-16-6-2-3-7-17(16)23(18)24-20-8-4-5-9-22(20)26-25(19)24/h2-3,5-7,9-13,15,23-24,26H,4,8,14H2,1H3. The van der Waals surface area contributed by atoms with Gasteiger partial charge in [0.05, 0.1) is 0 Å². The average Bonchev–Trinajstić information content (AvgIpc) is 3.07. The molecule has 0 amide bonds. The van der Waals surface area contributed by atoms with E-state index in [0.29, 0.717) is 17.8 Å². The van der Waals surface area contributed by atoms with E-state index in [0.717, 1.165) is 6.42 Å². The Hall–Kier alpha value is -2.54. The number of allylic oxidation sites excluding steroid dienone is 9. The summed E-state index contributed by atoms with van der Waals surface area (Å²) < 4.78 is 0. The van der Waals surface area contributed by atoms with E-state index in [4.69, 9.17) is 0 Å². The number of hydrogen-bond donors (Lipinski definition) is 1. The predicted molar refractivity (Wildman–Crippen MR) is 107 cm³/mol. The molecule has 1 heteroatoms. The molecule has 1 heterocycles. The molecule has 1 N–H and O–H groups in total. The van der Waals surface area contributed by atoms with Crippen molar-refractivity contribution in [3.63, 3.8) is 0 Å². The lowest BCUT2D eigenvalue weighted by molar-refractivity contribution is 0.563. The first-order valence-electron chi connectivity index (χ1n) is 9.90. The van der Waals surface area contributed by atoms with Crippen LogP contribution in [-0.4, -0.2) is 0 Å². The van der Waals surface area contributed by atoms with Gasteiger partial charge >= 0.3 is 0 Å². The van der Waals surface area contributed by atoms with E-state index in [1.807, 2.05) is 0 Å². The van der Waals surface area contributed by atoms with E-state index in [1.54, 1.807) is 16.7 Å². The zero-order valence-corrected chi connectivity index (χ0v) is 15.1. The second kappa shape index (κ2) is 5.23. The van der Waals surface area contributed by atoms with Gasteiger partial charge in [-0.05, 0) is 64.7 Å². The quantitative estimate of drug-likeness (QED) is 0.632. The second-order valence-electron chi connectivity index (χ2n) is 8.22. The maximum atomic E-state index is 3.84. The van der Waals surface area contributed by atoms with Crippen LogP contribution in [0.25, 0.3) is 6.08 Å².